The Kier molecular flexibility index (Phi) is 10.8. The predicted octanol–water partition coefficient (Wildman–Crippen LogP) is 7.87. The van der Waals surface area contributed by atoms with E-state index in [1.807, 2.05) is 77.1 Å². The third-order valence-electron chi connectivity index (χ3n) is 9.55. The number of Topliss-reactive ketones (excluding diaryl/α,β-unsaturated/α-hetero) is 1. The highest BCUT2D eigenvalue weighted by Crippen LogP contribution is 2.48. The van der Waals surface area contributed by atoms with E-state index in [0.29, 0.717) is 40.1 Å². The Hall–Kier alpha value is -4.66. The van der Waals surface area contributed by atoms with Crippen molar-refractivity contribution in [2.45, 2.75) is 66.1 Å². The molecule has 0 spiro atoms. The van der Waals surface area contributed by atoms with Crippen molar-refractivity contribution in [2.75, 3.05) is 17.2 Å². The number of carbonyl (C=O) groups is 3. The van der Waals surface area contributed by atoms with Crippen LogP contribution in [0, 0.1) is 39.5 Å². The lowest BCUT2D eigenvalue weighted by molar-refractivity contribution is -0.150. The van der Waals surface area contributed by atoms with Gasteiger partial charge in [0.05, 0.1) is 18.1 Å². The SMILES string of the molecule is CCOc1cc(C2C(C(=O)Nc3cccc(C)c3C)C(=O)CC(C)(O)C2C(=O)Nc2cccc(C)c2C)ccc1OCc1ccccc1Cl. The van der Waals surface area contributed by atoms with Gasteiger partial charge in [-0.25, -0.2) is 0 Å². The molecular weight excluding hydrogens is 640 g/mol. The molecule has 256 valence electrons. The van der Waals surface area contributed by atoms with Crippen LogP contribution < -0.4 is 20.1 Å². The van der Waals surface area contributed by atoms with E-state index in [9.17, 15) is 19.5 Å². The second-order valence-corrected chi connectivity index (χ2v) is 13.4. The van der Waals surface area contributed by atoms with Crippen molar-refractivity contribution in [3.63, 3.8) is 0 Å². The number of nitrogens with one attached hydrogen (secondary N) is 2. The third kappa shape index (κ3) is 7.66. The van der Waals surface area contributed by atoms with Gasteiger partial charge in [-0.15, -0.1) is 0 Å². The van der Waals surface area contributed by atoms with Gasteiger partial charge in [-0.2, -0.15) is 0 Å². The number of anilines is 2. The zero-order valence-corrected chi connectivity index (χ0v) is 29.5. The molecule has 3 N–H and O–H groups in total. The number of hydrogen-bond donors (Lipinski definition) is 3. The maximum Gasteiger partial charge on any atom is 0.235 e. The quantitative estimate of drug-likeness (QED) is 0.147. The molecule has 4 atom stereocenters. The fourth-order valence-corrected chi connectivity index (χ4v) is 6.77. The highest BCUT2D eigenvalue weighted by atomic mass is 35.5. The topological polar surface area (TPSA) is 114 Å². The van der Waals surface area contributed by atoms with E-state index in [4.69, 9.17) is 21.1 Å². The standard InChI is InChI=1S/C40H43ClN2O6/c1-7-48-34-20-27(18-19-33(34)49-22-28-14-8-9-15-29(28)41)35-36(38(45)42-30-16-10-12-23(2)25(30)4)32(44)21-40(6,47)37(35)39(46)43-31-17-11-13-24(3)26(31)5/h8-20,35-37,47H,7,21-22H2,1-6H3,(H,42,45)(H,43,46). The summed E-state index contributed by atoms with van der Waals surface area (Å²) in [6, 6.07) is 23.6. The molecule has 0 bridgehead atoms. The Labute approximate surface area is 292 Å². The highest BCUT2D eigenvalue weighted by molar-refractivity contribution is 6.31. The molecule has 4 aromatic rings. The molecule has 1 aliphatic carbocycles. The first-order valence-corrected chi connectivity index (χ1v) is 16.8. The van der Waals surface area contributed by atoms with Crippen LogP contribution in [0.3, 0.4) is 0 Å². The van der Waals surface area contributed by atoms with E-state index in [0.717, 1.165) is 27.8 Å². The van der Waals surface area contributed by atoms with E-state index in [1.165, 1.54) is 6.92 Å². The molecule has 0 aliphatic heterocycles. The van der Waals surface area contributed by atoms with Crippen LogP contribution in [0.25, 0.3) is 0 Å². The number of ketones is 1. The molecule has 4 unspecified atom stereocenters. The van der Waals surface area contributed by atoms with E-state index >= 15 is 0 Å². The molecule has 0 heterocycles. The second kappa shape index (κ2) is 14.8. The van der Waals surface area contributed by atoms with Crippen LogP contribution in [-0.2, 0) is 21.0 Å². The maximum absolute atomic E-state index is 14.3. The molecule has 2 amide bonds. The van der Waals surface area contributed by atoms with Crippen LogP contribution in [0.15, 0.2) is 78.9 Å². The minimum atomic E-state index is -1.77. The summed E-state index contributed by atoms with van der Waals surface area (Å²) in [6.45, 7) is 11.5. The highest BCUT2D eigenvalue weighted by Gasteiger charge is 2.56. The smallest absolute Gasteiger partial charge is 0.235 e. The average Bonchev–Trinajstić information content (AvgIpc) is 3.04. The zero-order valence-electron chi connectivity index (χ0n) is 28.7. The van der Waals surface area contributed by atoms with Crippen molar-refractivity contribution in [3.05, 3.63) is 117 Å². The van der Waals surface area contributed by atoms with Gasteiger partial charge >= 0.3 is 0 Å². The van der Waals surface area contributed by atoms with E-state index in [1.54, 1.807) is 36.4 Å². The van der Waals surface area contributed by atoms with Crippen molar-refractivity contribution in [1.82, 2.24) is 0 Å². The molecule has 49 heavy (non-hydrogen) atoms. The normalized spacial score (nSPS) is 20.4. The van der Waals surface area contributed by atoms with Crippen molar-refractivity contribution in [3.8, 4) is 11.5 Å². The fraction of sp³-hybridized carbons (Fsp3) is 0.325. The third-order valence-corrected chi connectivity index (χ3v) is 9.92. The summed E-state index contributed by atoms with van der Waals surface area (Å²) in [4.78, 5) is 42.5. The minimum Gasteiger partial charge on any atom is -0.490 e. The number of carbonyl (C=O) groups excluding carboxylic acids is 3. The molecule has 5 rings (SSSR count). The maximum atomic E-state index is 14.3. The number of aryl methyl sites for hydroxylation is 2. The van der Waals surface area contributed by atoms with Gasteiger partial charge in [-0.1, -0.05) is 60.1 Å². The van der Waals surface area contributed by atoms with Crippen LogP contribution in [0.2, 0.25) is 5.02 Å². The molecule has 4 aromatic carbocycles. The van der Waals surface area contributed by atoms with Crippen LogP contribution in [0.1, 0.15) is 59.6 Å². The summed E-state index contributed by atoms with van der Waals surface area (Å²) < 4.78 is 12.1. The number of ether oxygens (including phenoxy) is 2. The first kappa shape index (κ1) is 35.6. The van der Waals surface area contributed by atoms with Crippen LogP contribution in [-0.4, -0.2) is 34.9 Å². The minimum absolute atomic E-state index is 0.178. The van der Waals surface area contributed by atoms with Crippen molar-refractivity contribution in [2.24, 2.45) is 11.8 Å². The van der Waals surface area contributed by atoms with Crippen molar-refractivity contribution in [1.29, 1.82) is 0 Å². The molecule has 8 nitrogen and oxygen atoms in total. The lowest BCUT2D eigenvalue weighted by Crippen LogP contribution is -2.56. The van der Waals surface area contributed by atoms with E-state index < -0.39 is 41.0 Å². The van der Waals surface area contributed by atoms with Crippen molar-refractivity contribution >= 4 is 40.6 Å². The Balaban J connectivity index is 1.60. The Morgan fingerprint density at radius 3 is 2.06 bits per heavy atom. The molecule has 9 heteroatoms. The van der Waals surface area contributed by atoms with E-state index in [2.05, 4.69) is 10.6 Å². The van der Waals surface area contributed by atoms with Gasteiger partial charge in [-0.05, 0) is 99.7 Å². The summed E-state index contributed by atoms with van der Waals surface area (Å²) >= 11 is 6.36. The first-order chi connectivity index (χ1) is 23.3. The molecular formula is C40H43ClN2O6. The molecule has 1 fully saturated rings. The second-order valence-electron chi connectivity index (χ2n) is 13.0. The summed E-state index contributed by atoms with van der Waals surface area (Å²) in [5.41, 5.74) is 4.36. The number of rotatable bonds is 10. The van der Waals surface area contributed by atoms with Gasteiger partial charge in [0.2, 0.25) is 11.8 Å². The fourth-order valence-electron chi connectivity index (χ4n) is 6.58. The molecule has 1 saturated carbocycles. The predicted molar refractivity (Wildman–Crippen MR) is 192 cm³/mol. The monoisotopic (exact) mass is 682 g/mol. The summed E-state index contributed by atoms with van der Waals surface area (Å²) in [7, 11) is 0. The van der Waals surface area contributed by atoms with Crippen LogP contribution in [0.5, 0.6) is 11.5 Å². The average molecular weight is 683 g/mol. The van der Waals surface area contributed by atoms with E-state index in [-0.39, 0.29) is 13.0 Å². The van der Waals surface area contributed by atoms with Gasteiger partial charge < -0.3 is 25.2 Å². The molecule has 1 aliphatic rings. The number of benzene rings is 4. The Morgan fingerprint density at radius 2 is 1.45 bits per heavy atom. The van der Waals surface area contributed by atoms with Gasteiger partial charge in [-0.3, -0.25) is 14.4 Å². The van der Waals surface area contributed by atoms with Gasteiger partial charge in [0.1, 0.15) is 18.3 Å². The Morgan fingerprint density at radius 1 is 0.837 bits per heavy atom. The van der Waals surface area contributed by atoms with Gasteiger partial charge in [0, 0.05) is 34.3 Å². The summed E-state index contributed by atoms with van der Waals surface area (Å²) in [6.07, 6.45) is -0.378. The number of aliphatic hydroxyl groups is 1. The number of amides is 2. The first-order valence-electron chi connectivity index (χ1n) is 16.4. The molecule has 0 aromatic heterocycles. The number of halogens is 1. The Bertz CT molecular complexity index is 1890. The van der Waals surface area contributed by atoms with Gasteiger partial charge in [0.25, 0.3) is 0 Å². The lowest BCUT2D eigenvalue weighted by atomic mass is 9.61. The van der Waals surface area contributed by atoms with Gasteiger partial charge in [0.15, 0.2) is 11.5 Å². The summed E-state index contributed by atoms with van der Waals surface area (Å²) in [5.74, 6) is -4.27. The molecule has 0 saturated heterocycles. The largest absolute Gasteiger partial charge is 0.490 e. The molecule has 0 radical (unpaired) electrons. The zero-order chi connectivity index (χ0) is 35.5. The summed E-state index contributed by atoms with van der Waals surface area (Å²) in [5, 5.41) is 18.4. The lowest BCUT2D eigenvalue weighted by Gasteiger charge is -2.44. The van der Waals surface area contributed by atoms with Crippen molar-refractivity contribution < 1.29 is 29.0 Å². The van der Waals surface area contributed by atoms with Crippen LogP contribution >= 0.6 is 11.6 Å². The number of hydrogen-bond acceptors (Lipinski definition) is 6. The van der Waals surface area contributed by atoms with Crippen LogP contribution in [0.4, 0.5) is 11.4 Å².